The minimum absolute atomic E-state index is 0.121. The van der Waals surface area contributed by atoms with Crippen molar-refractivity contribution in [3.8, 4) is 0 Å². The third kappa shape index (κ3) is 4.22. The summed E-state index contributed by atoms with van der Waals surface area (Å²) in [6.07, 6.45) is 5.80. The number of ketones is 1. The Morgan fingerprint density at radius 3 is 2.44 bits per heavy atom. The molecule has 1 saturated carbocycles. The molecule has 0 radical (unpaired) electrons. The number of ether oxygens (including phenoxy) is 2. The van der Waals surface area contributed by atoms with Crippen LogP contribution in [0.3, 0.4) is 0 Å². The van der Waals surface area contributed by atoms with Crippen LogP contribution in [0.1, 0.15) is 46.0 Å². The normalized spacial score (nSPS) is 19.6. The fraction of sp³-hybridized carbons (Fsp3) is 0.923. The van der Waals surface area contributed by atoms with Crippen molar-refractivity contribution in [2.75, 3.05) is 19.8 Å². The molecule has 3 heteroatoms. The van der Waals surface area contributed by atoms with Crippen LogP contribution >= 0.6 is 0 Å². The van der Waals surface area contributed by atoms with Gasteiger partial charge in [-0.3, -0.25) is 4.79 Å². The van der Waals surface area contributed by atoms with E-state index in [4.69, 9.17) is 9.47 Å². The van der Waals surface area contributed by atoms with Crippen LogP contribution in [-0.2, 0) is 14.3 Å². The monoisotopic (exact) mass is 228 g/mol. The maximum absolute atomic E-state index is 11.9. The van der Waals surface area contributed by atoms with Crippen LogP contribution in [0.2, 0.25) is 0 Å². The van der Waals surface area contributed by atoms with E-state index >= 15 is 0 Å². The van der Waals surface area contributed by atoms with E-state index in [2.05, 4.69) is 0 Å². The molecule has 1 aliphatic rings. The van der Waals surface area contributed by atoms with Gasteiger partial charge in [0.1, 0.15) is 12.7 Å². The molecule has 0 amide bonds. The number of rotatable bonds is 7. The molecular formula is C13H24O3. The van der Waals surface area contributed by atoms with Gasteiger partial charge in [0, 0.05) is 13.2 Å². The molecule has 0 aromatic carbocycles. The molecule has 0 aromatic rings. The van der Waals surface area contributed by atoms with Crippen LogP contribution in [0.25, 0.3) is 0 Å². The SMILES string of the molecule is CCOCC(=O)C(OCC)C1CCCCC1. The molecule has 1 atom stereocenters. The summed E-state index contributed by atoms with van der Waals surface area (Å²) >= 11 is 0. The van der Waals surface area contributed by atoms with E-state index in [1.807, 2.05) is 13.8 Å². The highest BCUT2D eigenvalue weighted by Gasteiger charge is 2.29. The average Bonchev–Trinajstić information content (AvgIpc) is 2.34. The third-order valence-corrected chi connectivity index (χ3v) is 3.19. The van der Waals surface area contributed by atoms with Crippen molar-refractivity contribution in [3.05, 3.63) is 0 Å². The highest BCUT2D eigenvalue weighted by molar-refractivity contribution is 5.84. The van der Waals surface area contributed by atoms with Gasteiger partial charge in [-0.25, -0.2) is 0 Å². The minimum atomic E-state index is -0.225. The molecule has 3 nitrogen and oxygen atoms in total. The van der Waals surface area contributed by atoms with Gasteiger partial charge in [0.05, 0.1) is 0 Å². The van der Waals surface area contributed by atoms with Crippen molar-refractivity contribution in [3.63, 3.8) is 0 Å². The standard InChI is InChI=1S/C13H24O3/c1-3-15-10-12(14)13(16-4-2)11-8-6-5-7-9-11/h11,13H,3-10H2,1-2H3. The topological polar surface area (TPSA) is 35.5 Å². The molecule has 1 aliphatic carbocycles. The van der Waals surface area contributed by atoms with Crippen molar-refractivity contribution >= 4 is 5.78 Å². The number of carbonyl (C=O) groups is 1. The molecule has 1 unspecified atom stereocenters. The summed E-state index contributed by atoms with van der Waals surface area (Å²) in [7, 11) is 0. The van der Waals surface area contributed by atoms with E-state index in [-0.39, 0.29) is 18.5 Å². The van der Waals surface area contributed by atoms with Gasteiger partial charge in [-0.2, -0.15) is 0 Å². The fourth-order valence-corrected chi connectivity index (χ4v) is 2.39. The van der Waals surface area contributed by atoms with Crippen molar-refractivity contribution in [1.82, 2.24) is 0 Å². The summed E-state index contributed by atoms with van der Waals surface area (Å²) in [6, 6.07) is 0. The van der Waals surface area contributed by atoms with Gasteiger partial charge in [0.15, 0.2) is 5.78 Å². The predicted molar refractivity (Wildman–Crippen MR) is 63.5 cm³/mol. The molecule has 0 spiro atoms. The van der Waals surface area contributed by atoms with Gasteiger partial charge in [-0.1, -0.05) is 19.3 Å². The van der Waals surface area contributed by atoms with E-state index in [0.29, 0.717) is 19.1 Å². The maximum Gasteiger partial charge on any atom is 0.187 e. The summed E-state index contributed by atoms with van der Waals surface area (Å²) in [6.45, 7) is 5.26. The Hall–Kier alpha value is -0.410. The lowest BCUT2D eigenvalue weighted by molar-refractivity contribution is -0.139. The van der Waals surface area contributed by atoms with Crippen LogP contribution in [-0.4, -0.2) is 31.7 Å². The zero-order valence-electron chi connectivity index (χ0n) is 10.5. The number of Topliss-reactive ketones (excluding diaryl/α,β-unsaturated/α-hetero) is 1. The van der Waals surface area contributed by atoms with E-state index < -0.39 is 0 Å². The third-order valence-electron chi connectivity index (χ3n) is 3.19. The summed E-state index contributed by atoms with van der Waals surface area (Å²) in [4.78, 5) is 11.9. The fourth-order valence-electron chi connectivity index (χ4n) is 2.39. The minimum Gasteiger partial charge on any atom is -0.374 e. The second-order valence-corrected chi connectivity index (χ2v) is 4.38. The zero-order chi connectivity index (χ0) is 11.8. The quantitative estimate of drug-likeness (QED) is 0.672. The first-order valence-electron chi connectivity index (χ1n) is 6.51. The predicted octanol–water partition coefficient (Wildman–Crippen LogP) is 2.58. The Morgan fingerprint density at radius 2 is 1.88 bits per heavy atom. The molecule has 0 heterocycles. The van der Waals surface area contributed by atoms with Gasteiger partial charge >= 0.3 is 0 Å². The first-order chi connectivity index (χ1) is 7.79. The van der Waals surface area contributed by atoms with Crippen molar-refractivity contribution in [2.45, 2.75) is 52.1 Å². The Balaban J connectivity index is 2.47. The number of hydrogen-bond acceptors (Lipinski definition) is 3. The van der Waals surface area contributed by atoms with Gasteiger partial charge in [0.25, 0.3) is 0 Å². The molecule has 0 N–H and O–H groups in total. The summed E-state index contributed by atoms with van der Waals surface area (Å²) in [5, 5.41) is 0. The van der Waals surface area contributed by atoms with Crippen LogP contribution in [0.5, 0.6) is 0 Å². The Morgan fingerprint density at radius 1 is 1.19 bits per heavy atom. The van der Waals surface area contributed by atoms with Gasteiger partial charge < -0.3 is 9.47 Å². The molecule has 0 saturated heterocycles. The summed E-state index contributed by atoms with van der Waals surface area (Å²) in [5.74, 6) is 0.539. The van der Waals surface area contributed by atoms with Gasteiger partial charge in [0.2, 0.25) is 0 Å². The lowest BCUT2D eigenvalue weighted by Crippen LogP contribution is -2.36. The van der Waals surface area contributed by atoms with E-state index in [0.717, 1.165) is 12.8 Å². The smallest absolute Gasteiger partial charge is 0.187 e. The van der Waals surface area contributed by atoms with Crippen LogP contribution in [0, 0.1) is 5.92 Å². The second kappa shape index (κ2) is 7.80. The Labute approximate surface area is 98.5 Å². The van der Waals surface area contributed by atoms with E-state index in [1.54, 1.807) is 0 Å². The van der Waals surface area contributed by atoms with Crippen molar-refractivity contribution in [1.29, 1.82) is 0 Å². The molecule has 16 heavy (non-hydrogen) atoms. The van der Waals surface area contributed by atoms with Crippen LogP contribution < -0.4 is 0 Å². The highest BCUT2D eigenvalue weighted by Crippen LogP contribution is 2.28. The summed E-state index contributed by atoms with van der Waals surface area (Å²) < 4.78 is 10.8. The zero-order valence-corrected chi connectivity index (χ0v) is 10.5. The number of hydrogen-bond donors (Lipinski definition) is 0. The summed E-state index contributed by atoms with van der Waals surface area (Å²) in [5.41, 5.74) is 0. The molecule has 0 bridgehead atoms. The molecule has 1 fully saturated rings. The largest absolute Gasteiger partial charge is 0.374 e. The molecule has 0 aromatic heterocycles. The molecular weight excluding hydrogens is 204 g/mol. The van der Waals surface area contributed by atoms with Crippen LogP contribution in [0.15, 0.2) is 0 Å². The molecule has 1 rings (SSSR count). The van der Waals surface area contributed by atoms with Crippen LogP contribution in [0.4, 0.5) is 0 Å². The van der Waals surface area contributed by atoms with Gasteiger partial charge in [-0.15, -0.1) is 0 Å². The second-order valence-electron chi connectivity index (χ2n) is 4.38. The molecule has 94 valence electrons. The Kier molecular flexibility index (Phi) is 6.65. The highest BCUT2D eigenvalue weighted by atomic mass is 16.5. The molecule has 0 aliphatic heterocycles. The Bertz CT molecular complexity index is 197. The first-order valence-corrected chi connectivity index (χ1v) is 6.51. The lowest BCUT2D eigenvalue weighted by atomic mass is 9.84. The maximum atomic E-state index is 11.9. The lowest BCUT2D eigenvalue weighted by Gasteiger charge is -2.28. The van der Waals surface area contributed by atoms with Gasteiger partial charge in [-0.05, 0) is 32.6 Å². The van der Waals surface area contributed by atoms with E-state index in [9.17, 15) is 4.79 Å². The number of carbonyl (C=O) groups excluding carboxylic acids is 1. The van der Waals surface area contributed by atoms with E-state index in [1.165, 1.54) is 19.3 Å². The van der Waals surface area contributed by atoms with Crippen molar-refractivity contribution in [2.24, 2.45) is 5.92 Å². The average molecular weight is 228 g/mol. The van der Waals surface area contributed by atoms with Crippen molar-refractivity contribution < 1.29 is 14.3 Å². The first kappa shape index (κ1) is 13.7.